The van der Waals surface area contributed by atoms with Crippen molar-refractivity contribution in [1.82, 2.24) is 0 Å². The molecule has 0 saturated heterocycles. The van der Waals surface area contributed by atoms with E-state index in [1.165, 1.54) is 12.1 Å². The van der Waals surface area contributed by atoms with Gasteiger partial charge in [-0.3, -0.25) is 4.79 Å². The summed E-state index contributed by atoms with van der Waals surface area (Å²) in [7, 11) is 0. The molecule has 17 heavy (non-hydrogen) atoms. The van der Waals surface area contributed by atoms with Gasteiger partial charge >= 0.3 is 6.18 Å². The van der Waals surface area contributed by atoms with Gasteiger partial charge in [-0.05, 0) is 18.6 Å². The third-order valence-electron chi connectivity index (χ3n) is 2.32. The van der Waals surface area contributed by atoms with Gasteiger partial charge in [0.05, 0.1) is 10.4 Å². The molecule has 0 spiro atoms. The molecule has 0 N–H and O–H groups in total. The molecule has 0 fully saturated rings. The van der Waals surface area contributed by atoms with Gasteiger partial charge in [0, 0.05) is 5.56 Å². The van der Waals surface area contributed by atoms with Crippen molar-refractivity contribution >= 4 is 21.7 Å². The van der Waals surface area contributed by atoms with Gasteiger partial charge < -0.3 is 0 Å². The molecular formula is C12H12BrF3O. The van der Waals surface area contributed by atoms with Crippen molar-refractivity contribution in [3.8, 4) is 0 Å². The highest BCUT2D eigenvalue weighted by Crippen LogP contribution is 2.29. The molecule has 1 nitrogen and oxygen atoms in total. The molecule has 0 radical (unpaired) electrons. The monoisotopic (exact) mass is 308 g/mol. The average molecular weight is 309 g/mol. The highest BCUT2D eigenvalue weighted by molar-refractivity contribution is 9.10. The van der Waals surface area contributed by atoms with Crippen LogP contribution < -0.4 is 0 Å². The Morgan fingerprint density at radius 1 is 1.29 bits per heavy atom. The number of carbonyl (C=O) groups excluding carboxylic acids is 1. The van der Waals surface area contributed by atoms with Crippen LogP contribution in [0.4, 0.5) is 13.2 Å². The summed E-state index contributed by atoms with van der Waals surface area (Å²) in [6, 6.07) is 4.29. The molecule has 0 aliphatic rings. The first-order valence-electron chi connectivity index (χ1n) is 5.21. The molecule has 0 aromatic heterocycles. The largest absolute Gasteiger partial charge is 0.416 e. The Labute approximate surface area is 106 Å². The highest BCUT2D eigenvalue weighted by Gasteiger charge is 2.30. The van der Waals surface area contributed by atoms with E-state index in [1.54, 1.807) is 0 Å². The zero-order chi connectivity index (χ0) is 13.1. The third-order valence-corrected chi connectivity index (χ3v) is 3.20. The Bertz CT molecular complexity index is 384. The Morgan fingerprint density at radius 3 is 2.24 bits per heavy atom. The number of halogens is 4. The van der Waals surface area contributed by atoms with Gasteiger partial charge in [0.2, 0.25) is 0 Å². The number of carbonyl (C=O) groups is 1. The molecule has 5 heteroatoms. The summed E-state index contributed by atoms with van der Waals surface area (Å²) in [5.74, 6) is -0.180. The molecule has 0 aliphatic carbocycles. The fourth-order valence-corrected chi connectivity index (χ4v) is 2.11. The number of hydrogen-bond donors (Lipinski definition) is 0. The van der Waals surface area contributed by atoms with Crippen LogP contribution in [0.3, 0.4) is 0 Å². The summed E-state index contributed by atoms with van der Waals surface area (Å²) in [6.07, 6.45) is -2.86. The SMILES string of the molecule is CCCC(Br)C(=O)c1ccc(C(F)(F)F)cc1. The van der Waals surface area contributed by atoms with E-state index >= 15 is 0 Å². The fraction of sp³-hybridized carbons (Fsp3) is 0.417. The number of benzene rings is 1. The summed E-state index contributed by atoms with van der Waals surface area (Å²) >= 11 is 3.23. The topological polar surface area (TPSA) is 17.1 Å². The van der Waals surface area contributed by atoms with E-state index in [2.05, 4.69) is 15.9 Å². The van der Waals surface area contributed by atoms with Gasteiger partial charge in [-0.15, -0.1) is 0 Å². The Kier molecular flexibility index (Phi) is 4.74. The predicted molar refractivity (Wildman–Crippen MR) is 63.4 cm³/mol. The number of hydrogen-bond acceptors (Lipinski definition) is 1. The molecule has 0 aliphatic heterocycles. The Balaban J connectivity index is 2.84. The molecule has 94 valence electrons. The summed E-state index contributed by atoms with van der Waals surface area (Å²) < 4.78 is 36.9. The molecule has 0 amide bonds. The van der Waals surface area contributed by atoms with E-state index < -0.39 is 11.7 Å². The van der Waals surface area contributed by atoms with Gasteiger partial charge in [-0.2, -0.15) is 13.2 Å². The normalized spacial score (nSPS) is 13.5. The van der Waals surface area contributed by atoms with Crippen molar-refractivity contribution in [3.63, 3.8) is 0 Å². The third kappa shape index (κ3) is 3.84. The van der Waals surface area contributed by atoms with E-state index in [-0.39, 0.29) is 10.6 Å². The summed E-state index contributed by atoms with van der Waals surface area (Å²) in [5, 5.41) is 0. The van der Waals surface area contributed by atoms with Crippen LogP contribution in [-0.4, -0.2) is 10.6 Å². The molecular weight excluding hydrogens is 297 g/mol. The number of alkyl halides is 4. The fourth-order valence-electron chi connectivity index (χ4n) is 1.39. The Morgan fingerprint density at radius 2 is 1.82 bits per heavy atom. The van der Waals surface area contributed by atoms with Crippen LogP contribution in [0.2, 0.25) is 0 Å². The number of ketones is 1. The molecule has 1 atom stereocenters. The summed E-state index contributed by atoms with van der Waals surface area (Å²) in [5.41, 5.74) is -0.441. The van der Waals surface area contributed by atoms with Crippen LogP contribution in [0.5, 0.6) is 0 Å². The van der Waals surface area contributed by atoms with Crippen LogP contribution in [0.1, 0.15) is 35.7 Å². The van der Waals surface area contributed by atoms with Crippen LogP contribution in [0, 0.1) is 0 Å². The van der Waals surface area contributed by atoms with Gasteiger partial charge in [-0.25, -0.2) is 0 Å². The van der Waals surface area contributed by atoms with Crippen molar-refractivity contribution in [1.29, 1.82) is 0 Å². The van der Waals surface area contributed by atoms with Gasteiger partial charge in [0.1, 0.15) is 0 Å². The first-order chi connectivity index (χ1) is 7.86. The lowest BCUT2D eigenvalue weighted by molar-refractivity contribution is -0.137. The lowest BCUT2D eigenvalue weighted by atomic mass is 10.0. The Hall–Kier alpha value is -0.840. The van der Waals surface area contributed by atoms with Gasteiger partial charge in [0.15, 0.2) is 5.78 Å². The standard InChI is InChI=1S/C12H12BrF3O/c1-2-3-10(13)11(17)8-4-6-9(7-5-8)12(14,15)16/h4-7,10H,2-3H2,1H3. The molecule has 1 rings (SSSR count). The van der Waals surface area contributed by atoms with E-state index in [4.69, 9.17) is 0 Å². The first kappa shape index (κ1) is 14.2. The van der Waals surface area contributed by atoms with Crippen molar-refractivity contribution in [2.45, 2.75) is 30.8 Å². The highest BCUT2D eigenvalue weighted by atomic mass is 79.9. The minimum atomic E-state index is -4.36. The molecule has 1 aromatic carbocycles. The van der Waals surface area contributed by atoms with Crippen molar-refractivity contribution < 1.29 is 18.0 Å². The minimum Gasteiger partial charge on any atom is -0.293 e. The maximum Gasteiger partial charge on any atom is 0.416 e. The van der Waals surface area contributed by atoms with E-state index in [1.807, 2.05) is 6.92 Å². The van der Waals surface area contributed by atoms with Crippen molar-refractivity contribution in [2.75, 3.05) is 0 Å². The summed E-state index contributed by atoms with van der Waals surface area (Å²) in [4.78, 5) is 11.4. The van der Waals surface area contributed by atoms with E-state index in [9.17, 15) is 18.0 Å². The number of rotatable bonds is 4. The first-order valence-corrected chi connectivity index (χ1v) is 6.13. The summed E-state index contributed by atoms with van der Waals surface area (Å²) in [6.45, 7) is 1.94. The second kappa shape index (κ2) is 5.67. The molecule has 0 heterocycles. The molecule has 1 aromatic rings. The zero-order valence-corrected chi connectivity index (χ0v) is 10.8. The lowest BCUT2D eigenvalue weighted by Gasteiger charge is -2.09. The second-order valence-corrected chi connectivity index (χ2v) is 4.80. The van der Waals surface area contributed by atoms with Gasteiger partial charge in [-0.1, -0.05) is 41.4 Å². The average Bonchev–Trinajstić information content (AvgIpc) is 2.27. The van der Waals surface area contributed by atoms with Gasteiger partial charge in [0.25, 0.3) is 0 Å². The van der Waals surface area contributed by atoms with Crippen LogP contribution in [0.15, 0.2) is 24.3 Å². The quantitative estimate of drug-likeness (QED) is 0.593. The van der Waals surface area contributed by atoms with E-state index in [0.29, 0.717) is 12.0 Å². The predicted octanol–water partition coefficient (Wildman–Crippen LogP) is 4.45. The lowest BCUT2D eigenvalue weighted by Crippen LogP contribution is -2.14. The zero-order valence-electron chi connectivity index (χ0n) is 9.22. The molecule has 1 unspecified atom stereocenters. The smallest absolute Gasteiger partial charge is 0.293 e. The minimum absolute atomic E-state index is 0.180. The van der Waals surface area contributed by atoms with Crippen molar-refractivity contribution in [2.24, 2.45) is 0 Å². The van der Waals surface area contributed by atoms with Crippen LogP contribution in [0.25, 0.3) is 0 Å². The van der Waals surface area contributed by atoms with Crippen LogP contribution >= 0.6 is 15.9 Å². The van der Waals surface area contributed by atoms with Crippen molar-refractivity contribution in [3.05, 3.63) is 35.4 Å². The second-order valence-electron chi connectivity index (χ2n) is 3.70. The number of Topliss-reactive ketones (excluding diaryl/α,β-unsaturated/α-hetero) is 1. The molecule has 0 saturated carbocycles. The van der Waals surface area contributed by atoms with Crippen LogP contribution in [-0.2, 0) is 6.18 Å². The van der Waals surface area contributed by atoms with E-state index in [0.717, 1.165) is 18.6 Å². The maximum atomic E-state index is 12.3. The maximum absolute atomic E-state index is 12.3. The molecule has 0 bridgehead atoms.